The van der Waals surface area contributed by atoms with E-state index in [9.17, 15) is 0 Å². The Bertz CT molecular complexity index is 3590. The van der Waals surface area contributed by atoms with Gasteiger partial charge in [-0.3, -0.25) is 0 Å². The van der Waals surface area contributed by atoms with Crippen LogP contribution >= 0.6 is 11.3 Å². The number of anilines is 3. The molecule has 0 bridgehead atoms. The Balaban J connectivity index is 0.904. The molecule has 2 heterocycles. The summed E-state index contributed by atoms with van der Waals surface area (Å²) < 4.78 is 9.07. The molecule has 3 heteroatoms. The molecule has 0 radical (unpaired) electrons. The molecule has 0 saturated heterocycles. The SMILES string of the molecule is c1ccc(-c2ccc(N(c3ccc(-c4cccc(-c5cccc6c5sc5c(-c7ccccc7)cccc56)c4)cc3)c3ccc(-c4cccc5c4oc4ccccc45)cc3)cc2)cc1. The molecule has 12 aromatic rings. The smallest absolute Gasteiger partial charge is 0.143 e. The molecule has 0 atom stereocenters. The van der Waals surface area contributed by atoms with Crippen LogP contribution in [0, 0.1) is 0 Å². The molecule has 63 heavy (non-hydrogen) atoms. The van der Waals surface area contributed by atoms with Crippen molar-refractivity contribution in [1.82, 2.24) is 0 Å². The molecule has 2 aromatic heterocycles. The summed E-state index contributed by atoms with van der Waals surface area (Å²) in [5, 5.41) is 4.88. The Labute approximate surface area is 370 Å². The fourth-order valence-corrected chi connectivity index (χ4v) is 10.6. The van der Waals surface area contributed by atoms with Crippen LogP contribution in [0.2, 0.25) is 0 Å². The molecular formula is C60H39NOS. The predicted octanol–water partition coefficient (Wildman–Crippen LogP) is 17.8. The maximum absolute atomic E-state index is 6.42. The van der Waals surface area contributed by atoms with E-state index in [4.69, 9.17) is 4.42 Å². The minimum atomic E-state index is 0.906. The van der Waals surface area contributed by atoms with E-state index in [0.717, 1.165) is 50.1 Å². The lowest BCUT2D eigenvalue weighted by atomic mass is 9.97. The van der Waals surface area contributed by atoms with Crippen molar-refractivity contribution in [2.24, 2.45) is 0 Å². The number of nitrogens with zero attached hydrogens (tertiary/aromatic N) is 1. The van der Waals surface area contributed by atoms with Gasteiger partial charge in [0, 0.05) is 53.6 Å². The van der Waals surface area contributed by atoms with Gasteiger partial charge >= 0.3 is 0 Å². The lowest BCUT2D eigenvalue weighted by Crippen LogP contribution is -2.09. The van der Waals surface area contributed by atoms with Crippen LogP contribution in [0.15, 0.2) is 241 Å². The number of hydrogen-bond acceptors (Lipinski definition) is 3. The highest BCUT2D eigenvalue weighted by molar-refractivity contribution is 7.26. The molecule has 10 aromatic carbocycles. The van der Waals surface area contributed by atoms with Crippen molar-refractivity contribution in [1.29, 1.82) is 0 Å². The van der Waals surface area contributed by atoms with E-state index in [0.29, 0.717) is 0 Å². The van der Waals surface area contributed by atoms with E-state index in [1.54, 1.807) is 0 Å². The number of hydrogen-bond donors (Lipinski definition) is 0. The van der Waals surface area contributed by atoms with Gasteiger partial charge in [-0.05, 0) is 98.6 Å². The van der Waals surface area contributed by atoms with Gasteiger partial charge in [-0.2, -0.15) is 0 Å². The largest absolute Gasteiger partial charge is 0.455 e. The van der Waals surface area contributed by atoms with Crippen LogP contribution in [-0.2, 0) is 0 Å². The molecule has 0 aliphatic heterocycles. The van der Waals surface area contributed by atoms with E-state index in [2.05, 4.69) is 229 Å². The number of furan rings is 1. The van der Waals surface area contributed by atoms with Crippen LogP contribution in [0.3, 0.4) is 0 Å². The van der Waals surface area contributed by atoms with Crippen LogP contribution < -0.4 is 4.90 Å². The van der Waals surface area contributed by atoms with Gasteiger partial charge in [-0.15, -0.1) is 11.3 Å². The van der Waals surface area contributed by atoms with Crippen LogP contribution in [0.4, 0.5) is 17.1 Å². The highest BCUT2D eigenvalue weighted by Gasteiger charge is 2.18. The highest BCUT2D eigenvalue weighted by Crippen LogP contribution is 2.45. The molecule has 0 aliphatic rings. The van der Waals surface area contributed by atoms with Gasteiger partial charge in [0.25, 0.3) is 0 Å². The Morgan fingerprint density at radius 2 is 0.698 bits per heavy atom. The summed E-state index contributed by atoms with van der Waals surface area (Å²) in [7, 11) is 0. The van der Waals surface area contributed by atoms with E-state index in [1.165, 1.54) is 64.7 Å². The minimum absolute atomic E-state index is 0.906. The number of benzene rings is 10. The van der Waals surface area contributed by atoms with Crippen molar-refractivity contribution >= 4 is 70.5 Å². The van der Waals surface area contributed by atoms with Crippen molar-refractivity contribution in [3.8, 4) is 55.6 Å². The third-order valence-corrected chi connectivity index (χ3v) is 13.6. The topological polar surface area (TPSA) is 16.4 Å². The normalized spacial score (nSPS) is 11.5. The summed E-state index contributed by atoms with van der Waals surface area (Å²) in [6, 6.07) is 85.1. The van der Waals surface area contributed by atoms with Crippen molar-refractivity contribution in [3.05, 3.63) is 237 Å². The average Bonchev–Trinajstić information content (AvgIpc) is 3.94. The quantitative estimate of drug-likeness (QED) is 0.152. The number of rotatable bonds is 8. The third kappa shape index (κ3) is 6.58. The first-order valence-electron chi connectivity index (χ1n) is 21.4. The summed E-state index contributed by atoms with van der Waals surface area (Å²) in [6.07, 6.45) is 0. The van der Waals surface area contributed by atoms with E-state index in [-0.39, 0.29) is 0 Å². The monoisotopic (exact) mass is 821 g/mol. The molecule has 0 aliphatic carbocycles. The van der Waals surface area contributed by atoms with Gasteiger partial charge in [0.1, 0.15) is 11.2 Å². The van der Waals surface area contributed by atoms with E-state index >= 15 is 0 Å². The molecule has 0 fully saturated rings. The average molecular weight is 822 g/mol. The van der Waals surface area contributed by atoms with E-state index < -0.39 is 0 Å². The fourth-order valence-electron chi connectivity index (χ4n) is 9.21. The first kappa shape index (κ1) is 36.8. The zero-order valence-electron chi connectivity index (χ0n) is 34.3. The lowest BCUT2D eigenvalue weighted by molar-refractivity contribution is 0.670. The zero-order valence-corrected chi connectivity index (χ0v) is 35.1. The van der Waals surface area contributed by atoms with Crippen molar-refractivity contribution in [2.45, 2.75) is 0 Å². The van der Waals surface area contributed by atoms with Gasteiger partial charge in [-0.1, -0.05) is 188 Å². The maximum atomic E-state index is 6.42. The molecule has 0 N–H and O–H groups in total. The van der Waals surface area contributed by atoms with Gasteiger partial charge < -0.3 is 9.32 Å². The second kappa shape index (κ2) is 15.5. The molecule has 0 spiro atoms. The van der Waals surface area contributed by atoms with Crippen molar-refractivity contribution in [3.63, 3.8) is 0 Å². The first-order valence-corrected chi connectivity index (χ1v) is 22.2. The summed E-state index contributed by atoms with van der Waals surface area (Å²) in [4.78, 5) is 2.34. The second-order valence-corrected chi connectivity index (χ2v) is 17.1. The van der Waals surface area contributed by atoms with Crippen LogP contribution in [0.5, 0.6) is 0 Å². The summed E-state index contributed by atoms with van der Waals surface area (Å²) in [5.41, 5.74) is 17.0. The van der Waals surface area contributed by atoms with Gasteiger partial charge in [0.15, 0.2) is 0 Å². The first-order chi connectivity index (χ1) is 31.2. The van der Waals surface area contributed by atoms with Gasteiger partial charge in [-0.25, -0.2) is 0 Å². The molecule has 296 valence electrons. The van der Waals surface area contributed by atoms with Crippen LogP contribution in [0.1, 0.15) is 0 Å². The number of thiophene rings is 1. The Kier molecular flexibility index (Phi) is 9.06. The number of para-hydroxylation sites is 2. The Morgan fingerprint density at radius 1 is 0.286 bits per heavy atom. The van der Waals surface area contributed by atoms with Crippen molar-refractivity contribution in [2.75, 3.05) is 4.90 Å². The molecular weight excluding hydrogens is 783 g/mol. The van der Waals surface area contributed by atoms with Crippen molar-refractivity contribution < 1.29 is 4.42 Å². The summed E-state index contributed by atoms with van der Waals surface area (Å²) in [6.45, 7) is 0. The van der Waals surface area contributed by atoms with Gasteiger partial charge in [0.2, 0.25) is 0 Å². The third-order valence-electron chi connectivity index (χ3n) is 12.3. The molecule has 0 amide bonds. The minimum Gasteiger partial charge on any atom is -0.455 e. The lowest BCUT2D eigenvalue weighted by Gasteiger charge is -2.26. The fraction of sp³-hybridized carbons (Fsp3) is 0. The highest BCUT2D eigenvalue weighted by atomic mass is 32.1. The molecule has 2 nitrogen and oxygen atoms in total. The van der Waals surface area contributed by atoms with Gasteiger partial charge in [0.05, 0.1) is 0 Å². The summed E-state index contributed by atoms with van der Waals surface area (Å²) >= 11 is 1.90. The summed E-state index contributed by atoms with van der Waals surface area (Å²) in [5.74, 6) is 0. The number of fused-ring (bicyclic) bond motifs is 6. The molecule has 12 rings (SSSR count). The molecule has 0 unspecified atom stereocenters. The standard InChI is InChI=1S/C60H39NOS/c1-3-13-40(14-4-1)41-27-33-47(34-28-41)61(49-37-31-44(32-38-49)50-20-10-23-54-53-19-7-8-26-57(53)62-58(50)54)48-35-29-42(30-36-48)45-17-9-18-46(39-45)52-22-12-25-56-55-24-11-21-51(59(55)63-60(52)56)43-15-5-2-6-16-43/h1-39H. The maximum Gasteiger partial charge on any atom is 0.143 e. The van der Waals surface area contributed by atoms with E-state index in [1.807, 2.05) is 23.5 Å². The molecule has 0 saturated carbocycles. The zero-order chi connectivity index (χ0) is 41.7. The van der Waals surface area contributed by atoms with Crippen LogP contribution in [-0.4, -0.2) is 0 Å². The Hall–Kier alpha value is -7.98. The predicted molar refractivity (Wildman–Crippen MR) is 268 cm³/mol. The Morgan fingerprint density at radius 3 is 1.33 bits per heavy atom. The van der Waals surface area contributed by atoms with Crippen LogP contribution in [0.25, 0.3) is 97.7 Å². The second-order valence-electron chi connectivity index (χ2n) is 16.0.